The van der Waals surface area contributed by atoms with Gasteiger partial charge in [-0.2, -0.15) is 0 Å². The minimum absolute atomic E-state index is 0.755. The highest BCUT2D eigenvalue weighted by atomic mass is 79.9. The summed E-state index contributed by atoms with van der Waals surface area (Å²) in [6.45, 7) is 2.95. The molecule has 0 aliphatic rings. The van der Waals surface area contributed by atoms with E-state index < -0.39 is 0 Å². The predicted molar refractivity (Wildman–Crippen MR) is 72.7 cm³/mol. The molecule has 0 radical (unpaired) electrons. The number of fused-ring (bicyclic) bond motifs is 1. The van der Waals surface area contributed by atoms with E-state index in [-0.39, 0.29) is 0 Å². The number of nitrogens with zero attached hydrogens (tertiary/aromatic N) is 1. The van der Waals surface area contributed by atoms with Crippen molar-refractivity contribution in [3.63, 3.8) is 0 Å². The van der Waals surface area contributed by atoms with Crippen molar-refractivity contribution in [1.29, 1.82) is 0 Å². The third-order valence-electron chi connectivity index (χ3n) is 3.18. The molecule has 3 heteroatoms. The van der Waals surface area contributed by atoms with Crippen molar-refractivity contribution in [2.24, 2.45) is 12.8 Å². The fourth-order valence-corrected chi connectivity index (χ4v) is 2.63. The summed E-state index contributed by atoms with van der Waals surface area (Å²) >= 11 is 3.52. The van der Waals surface area contributed by atoms with Gasteiger partial charge in [-0.15, -0.1) is 0 Å². The Morgan fingerprint density at radius 2 is 2.12 bits per heavy atom. The fraction of sp³-hybridized carbons (Fsp3) is 0.385. The fourth-order valence-electron chi connectivity index (χ4n) is 2.28. The van der Waals surface area contributed by atoms with E-state index in [2.05, 4.69) is 52.7 Å². The van der Waals surface area contributed by atoms with Gasteiger partial charge in [0.2, 0.25) is 0 Å². The molecule has 0 fully saturated rings. The van der Waals surface area contributed by atoms with Gasteiger partial charge in [-0.1, -0.05) is 22.0 Å². The zero-order valence-electron chi connectivity index (χ0n) is 9.76. The molecule has 1 aromatic heterocycles. The van der Waals surface area contributed by atoms with E-state index in [1.807, 2.05) is 0 Å². The molecule has 0 aliphatic carbocycles. The monoisotopic (exact) mass is 280 g/mol. The highest BCUT2D eigenvalue weighted by Gasteiger charge is 2.10. The van der Waals surface area contributed by atoms with Crippen LogP contribution in [-0.4, -0.2) is 11.1 Å². The quantitative estimate of drug-likeness (QED) is 0.920. The summed E-state index contributed by atoms with van der Waals surface area (Å²) in [7, 11) is 2.13. The molecule has 2 aromatic rings. The van der Waals surface area contributed by atoms with Gasteiger partial charge in [-0.25, -0.2) is 0 Å². The Kier molecular flexibility index (Phi) is 3.36. The van der Waals surface area contributed by atoms with Gasteiger partial charge in [0, 0.05) is 28.1 Å². The Balaban J connectivity index is 2.57. The first-order chi connectivity index (χ1) is 7.65. The predicted octanol–water partition coefficient (Wildman–Crippen LogP) is 3.14. The lowest BCUT2D eigenvalue weighted by atomic mass is 10.1. The second-order valence-corrected chi connectivity index (χ2v) is 5.10. The first kappa shape index (κ1) is 11.7. The van der Waals surface area contributed by atoms with Gasteiger partial charge in [-0.3, -0.25) is 0 Å². The Hall–Kier alpha value is -0.800. The van der Waals surface area contributed by atoms with E-state index in [0.29, 0.717) is 0 Å². The standard InChI is InChI=1S/C13H17BrN2/c1-9-11-6-5-10(14)8-13(11)16(2)12(9)4-3-7-15/h5-6,8H,3-4,7,15H2,1-2H3. The van der Waals surface area contributed by atoms with Crippen molar-refractivity contribution >= 4 is 26.8 Å². The molecule has 0 amide bonds. The largest absolute Gasteiger partial charge is 0.347 e. The number of hydrogen-bond acceptors (Lipinski definition) is 1. The molecule has 0 aliphatic heterocycles. The maximum atomic E-state index is 5.58. The van der Waals surface area contributed by atoms with Gasteiger partial charge in [0.15, 0.2) is 0 Å². The van der Waals surface area contributed by atoms with Crippen molar-refractivity contribution in [3.8, 4) is 0 Å². The average molecular weight is 281 g/mol. The number of aromatic nitrogens is 1. The lowest BCUT2D eigenvalue weighted by molar-refractivity contribution is 0.760. The van der Waals surface area contributed by atoms with Crippen LogP contribution in [-0.2, 0) is 13.5 Å². The summed E-state index contributed by atoms with van der Waals surface area (Å²) in [5.41, 5.74) is 9.66. The van der Waals surface area contributed by atoms with Crippen LogP contribution in [0.15, 0.2) is 22.7 Å². The molecule has 0 bridgehead atoms. The molecule has 0 unspecified atom stereocenters. The molecule has 2 rings (SSSR count). The highest BCUT2D eigenvalue weighted by molar-refractivity contribution is 9.10. The number of halogens is 1. The first-order valence-electron chi connectivity index (χ1n) is 5.58. The number of benzene rings is 1. The molecule has 0 spiro atoms. The molecule has 0 saturated heterocycles. The lowest BCUT2D eigenvalue weighted by Crippen LogP contribution is -2.04. The maximum Gasteiger partial charge on any atom is 0.0493 e. The van der Waals surface area contributed by atoms with E-state index in [0.717, 1.165) is 23.9 Å². The molecule has 1 aromatic carbocycles. The van der Waals surface area contributed by atoms with Gasteiger partial charge in [-0.05, 0) is 44.0 Å². The van der Waals surface area contributed by atoms with Crippen molar-refractivity contribution in [2.75, 3.05) is 6.54 Å². The van der Waals surface area contributed by atoms with Crippen molar-refractivity contribution in [1.82, 2.24) is 4.57 Å². The molecule has 86 valence electrons. The molecule has 2 N–H and O–H groups in total. The second kappa shape index (κ2) is 4.60. The van der Waals surface area contributed by atoms with Gasteiger partial charge < -0.3 is 10.3 Å². The van der Waals surface area contributed by atoms with Gasteiger partial charge in [0.25, 0.3) is 0 Å². The first-order valence-corrected chi connectivity index (χ1v) is 6.38. The average Bonchev–Trinajstić information content (AvgIpc) is 2.50. The van der Waals surface area contributed by atoms with E-state index >= 15 is 0 Å². The summed E-state index contributed by atoms with van der Waals surface area (Å²) in [5.74, 6) is 0. The normalized spacial score (nSPS) is 11.2. The summed E-state index contributed by atoms with van der Waals surface area (Å²) in [6.07, 6.45) is 2.11. The minimum atomic E-state index is 0.755. The maximum absolute atomic E-state index is 5.58. The molecule has 2 nitrogen and oxygen atoms in total. The lowest BCUT2D eigenvalue weighted by Gasteiger charge is -2.04. The number of aryl methyl sites for hydroxylation is 2. The summed E-state index contributed by atoms with van der Waals surface area (Å²) in [5, 5.41) is 1.35. The molecule has 0 atom stereocenters. The second-order valence-electron chi connectivity index (χ2n) is 4.18. The van der Waals surface area contributed by atoms with Crippen molar-refractivity contribution in [2.45, 2.75) is 19.8 Å². The topological polar surface area (TPSA) is 30.9 Å². The summed E-state index contributed by atoms with van der Waals surface area (Å²) < 4.78 is 3.41. The highest BCUT2D eigenvalue weighted by Crippen LogP contribution is 2.27. The third-order valence-corrected chi connectivity index (χ3v) is 3.67. The van der Waals surface area contributed by atoms with Crippen LogP contribution >= 0.6 is 15.9 Å². The van der Waals surface area contributed by atoms with Crippen LogP contribution in [0, 0.1) is 6.92 Å². The van der Waals surface area contributed by atoms with Crippen molar-refractivity contribution in [3.05, 3.63) is 33.9 Å². The van der Waals surface area contributed by atoms with E-state index in [9.17, 15) is 0 Å². The Labute approximate surface area is 105 Å². The third kappa shape index (κ3) is 1.89. The zero-order valence-corrected chi connectivity index (χ0v) is 11.3. The summed E-state index contributed by atoms with van der Waals surface area (Å²) in [6, 6.07) is 6.46. The summed E-state index contributed by atoms with van der Waals surface area (Å²) in [4.78, 5) is 0. The number of rotatable bonds is 3. The van der Waals surface area contributed by atoms with Crippen LogP contribution < -0.4 is 5.73 Å². The Morgan fingerprint density at radius 3 is 2.81 bits per heavy atom. The molecule has 0 saturated carbocycles. The Bertz CT molecular complexity index is 514. The minimum Gasteiger partial charge on any atom is -0.347 e. The van der Waals surface area contributed by atoms with Crippen LogP contribution in [0.25, 0.3) is 10.9 Å². The van der Waals surface area contributed by atoms with Crippen LogP contribution in [0.5, 0.6) is 0 Å². The molecular weight excluding hydrogens is 264 g/mol. The number of nitrogens with two attached hydrogens (primary N) is 1. The van der Waals surface area contributed by atoms with Crippen LogP contribution in [0.2, 0.25) is 0 Å². The van der Waals surface area contributed by atoms with E-state index in [1.165, 1.54) is 22.2 Å². The zero-order chi connectivity index (χ0) is 11.7. The molecule has 16 heavy (non-hydrogen) atoms. The van der Waals surface area contributed by atoms with Crippen LogP contribution in [0.1, 0.15) is 17.7 Å². The van der Waals surface area contributed by atoms with E-state index in [1.54, 1.807) is 0 Å². The van der Waals surface area contributed by atoms with Crippen molar-refractivity contribution < 1.29 is 0 Å². The van der Waals surface area contributed by atoms with Crippen LogP contribution in [0.4, 0.5) is 0 Å². The van der Waals surface area contributed by atoms with Gasteiger partial charge in [0.05, 0.1) is 0 Å². The smallest absolute Gasteiger partial charge is 0.0493 e. The molecule has 1 heterocycles. The van der Waals surface area contributed by atoms with Gasteiger partial charge in [0.1, 0.15) is 0 Å². The Morgan fingerprint density at radius 1 is 1.38 bits per heavy atom. The van der Waals surface area contributed by atoms with Gasteiger partial charge >= 0.3 is 0 Å². The van der Waals surface area contributed by atoms with E-state index in [4.69, 9.17) is 5.73 Å². The molecular formula is C13H17BrN2. The van der Waals surface area contributed by atoms with Crippen LogP contribution in [0.3, 0.4) is 0 Å². The number of hydrogen-bond donors (Lipinski definition) is 1. The SMILES string of the molecule is Cc1c(CCCN)n(C)c2cc(Br)ccc12.